The Kier molecular flexibility index (Phi) is 12.0. The van der Waals surface area contributed by atoms with Gasteiger partial charge in [0.25, 0.3) is 0 Å². The SMILES string of the molecule is O=C1CC(OCCCCOC2CC(O)CCO2)C=C1C(CCCCCC1CCCCO1)C(=O)O. The van der Waals surface area contributed by atoms with Crippen molar-refractivity contribution in [3.63, 3.8) is 0 Å². The molecule has 5 unspecified atom stereocenters. The minimum absolute atomic E-state index is 0.107. The van der Waals surface area contributed by atoms with E-state index in [1.807, 2.05) is 0 Å². The van der Waals surface area contributed by atoms with E-state index >= 15 is 0 Å². The molecule has 0 bridgehead atoms. The van der Waals surface area contributed by atoms with Gasteiger partial charge < -0.3 is 29.2 Å². The zero-order valence-corrected chi connectivity index (χ0v) is 20.3. The summed E-state index contributed by atoms with van der Waals surface area (Å²) < 4.78 is 22.7. The van der Waals surface area contributed by atoms with Crippen molar-refractivity contribution < 1.29 is 38.7 Å². The molecule has 2 fully saturated rings. The van der Waals surface area contributed by atoms with Crippen LogP contribution < -0.4 is 0 Å². The van der Waals surface area contributed by atoms with E-state index in [0.29, 0.717) is 50.8 Å². The standard InChI is InChI=1S/C26H42O8/c27-19-11-15-34-25(16-19)33-14-7-6-13-32-21-17-23(24(28)18-21)22(26(29)30)10-3-1-2-8-20-9-4-5-12-31-20/h17,19-22,25,27H,1-16,18H2,(H,29,30). The molecular weight excluding hydrogens is 440 g/mol. The van der Waals surface area contributed by atoms with E-state index in [1.54, 1.807) is 6.08 Å². The quantitative estimate of drug-likeness (QED) is 0.339. The first kappa shape index (κ1) is 27.3. The molecule has 0 aromatic carbocycles. The first-order valence-corrected chi connectivity index (χ1v) is 13.1. The lowest BCUT2D eigenvalue weighted by molar-refractivity contribution is -0.185. The Labute approximate surface area is 203 Å². The second-order valence-electron chi connectivity index (χ2n) is 9.73. The molecule has 8 heteroatoms. The summed E-state index contributed by atoms with van der Waals surface area (Å²) in [6, 6.07) is 0. The molecule has 8 nitrogen and oxygen atoms in total. The second kappa shape index (κ2) is 14.9. The van der Waals surface area contributed by atoms with Crippen LogP contribution in [0.1, 0.15) is 83.5 Å². The number of aliphatic hydroxyl groups is 1. The van der Waals surface area contributed by atoms with E-state index < -0.39 is 11.9 Å². The first-order chi connectivity index (χ1) is 16.5. The number of carbonyl (C=O) groups is 2. The van der Waals surface area contributed by atoms with Crippen molar-refractivity contribution >= 4 is 11.8 Å². The van der Waals surface area contributed by atoms with Crippen molar-refractivity contribution in [1.29, 1.82) is 0 Å². The molecule has 194 valence electrons. The average molecular weight is 483 g/mol. The van der Waals surface area contributed by atoms with Crippen LogP contribution in [0.5, 0.6) is 0 Å². The van der Waals surface area contributed by atoms with Gasteiger partial charge in [-0.3, -0.25) is 9.59 Å². The summed E-state index contributed by atoms with van der Waals surface area (Å²) in [5, 5.41) is 19.3. The van der Waals surface area contributed by atoms with Gasteiger partial charge in [0, 0.05) is 38.2 Å². The topological polar surface area (TPSA) is 112 Å². The number of carboxylic acid groups (broad SMARTS) is 1. The number of aliphatic hydroxyl groups excluding tert-OH is 1. The fourth-order valence-corrected chi connectivity index (χ4v) is 4.93. The summed E-state index contributed by atoms with van der Waals surface area (Å²) in [6.45, 7) is 2.39. The first-order valence-electron chi connectivity index (χ1n) is 13.1. The molecular formula is C26H42O8. The van der Waals surface area contributed by atoms with E-state index in [9.17, 15) is 19.8 Å². The molecule has 2 aliphatic heterocycles. The Balaban J connectivity index is 1.30. The van der Waals surface area contributed by atoms with Crippen LogP contribution in [-0.2, 0) is 28.5 Å². The lowest BCUT2D eigenvalue weighted by atomic mass is 9.91. The molecule has 2 heterocycles. The van der Waals surface area contributed by atoms with E-state index in [0.717, 1.165) is 58.0 Å². The maximum Gasteiger partial charge on any atom is 0.311 e. The van der Waals surface area contributed by atoms with E-state index in [-0.39, 0.29) is 30.7 Å². The van der Waals surface area contributed by atoms with Gasteiger partial charge in [0.1, 0.15) is 0 Å². The van der Waals surface area contributed by atoms with Crippen LogP contribution in [-0.4, -0.2) is 73.0 Å². The van der Waals surface area contributed by atoms with E-state index in [1.165, 1.54) is 6.42 Å². The summed E-state index contributed by atoms with van der Waals surface area (Å²) in [6.07, 6.45) is 11.8. The van der Waals surface area contributed by atoms with Crippen molar-refractivity contribution in [1.82, 2.24) is 0 Å². The molecule has 2 N–H and O–H groups in total. The normalized spacial score (nSPS) is 28.6. The summed E-state index contributed by atoms with van der Waals surface area (Å²) in [7, 11) is 0. The number of rotatable bonds is 15. The maximum absolute atomic E-state index is 12.5. The van der Waals surface area contributed by atoms with Gasteiger partial charge in [-0.15, -0.1) is 0 Å². The minimum Gasteiger partial charge on any atom is -0.481 e. The van der Waals surface area contributed by atoms with E-state index in [4.69, 9.17) is 18.9 Å². The highest BCUT2D eigenvalue weighted by atomic mass is 16.7. The average Bonchev–Trinajstić information content (AvgIpc) is 3.18. The largest absolute Gasteiger partial charge is 0.481 e. The fraction of sp³-hybridized carbons (Fsp3) is 0.846. The lowest BCUT2D eigenvalue weighted by Crippen LogP contribution is -2.31. The van der Waals surface area contributed by atoms with Crippen LogP contribution >= 0.6 is 0 Å². The summed E-state index contributed by atoms with van der Waals surface area (Å²) in [5.74, 6) is -1.78. The Bertz CT molecular complexity index is 657. The molecule has 0 amide bonds. The van der Waals surface area contributed by atoms with Crippen LogP contribution in [0.3, 0.4) is 0 Å². The number of Topliss-reactive ketones (excluding diaryl/α,β-unsaturated/α-hetero) is 1. The summed E-state index contributed by atoms with van der Waals surface area (Å²) in [4.78, 5) is 24.3. The van der Waals surface area contributed by atoms with Crippen molar-refractivity contribution in [2.24, 2.45) is 5.92 Å². The van der Waals surface area contributed by atoms with E-state index in [2.05, 4.69) is 0 Å². The number of carboxylic acids is 1. The van der Waals surface area contributed by atoms with Gasteiger partial charge in [-0.05, 0) is 57.4 Å². The van der Waals surface area contributed by atoms with Gasteiger partial charge in [-0.2, -0.15) is 0 Å². The molecule has 34 heavy (non-hydrogen) atoms. The van der Waals surface area contributed by atoms with Crippen LogP contribution in [0.4, 0.5) is 0 Å². The van der Waals surface area contributed by atoms with Gasteiger partial charge in [-0.1, -0.05) is 19.3 Å². The Morgan fingerprint density at radius 1 is 1.03 bits per heavy atom. The molecule has 3 aliphatic rings. The predicted molar refractivity (Wildman–Crippen MR) is 125 cm³/mol. The minimum atomic E-state index is -0.928. The Morgan fingerprint density at radius 2 is 1.85 bits per heavy atom. The van der Waals surface area contributed by atoms with Crippen molar-refractivity contribution in [2.45, 2.75) is 108 Å². The maximum atomic E-state index is 12.5. The molecule has 0 spiro atoms. The monoisotopic (exact) mass is 482 g/mol. The third kappa shape index (κ3) is 9.38. The van der Waals surface area contributed by atoms with Crippen molar-refractivity contribution in [3.8, 4) is 0 Å². The number of carbonyl (C=O) groups excluding carboxylic acids is 1. The van der Waals surface area contributed by atoms with Crippen LogP contribution in [0.2, 0.25) is 0 Å². The number of hydrogen-bond acceptors (Lipinski definition) is 7. The number of hydrogen-bond donors (Lipinski definition) is 2. The third-order valence-corrected chi connectivity index (χ3v) is 6.93. The van der Waals surface area contributed by atoms with Crippen molar-refractivity contribution in [2.75, 3.05) is 26.4 Å². The number of aliphatic carboxylic acids is 1. The number of unbranched alkanes of at least 4 members (excludes halogenated alkanes) is 3. The Hall–Kier alpha value is -1.32. The summed E-state index contributed by atoms with van der Waals surface area (Å²) >= 11 is 0. The summed E-state index contributed by atoms with van der Waals surface area (Å²) in [5.41, 5.74) is 0.407. The smallest absolute Gasteiger partial charge is 0.311 e. The molecule has 5 atom stereocenters. The van der Waals surface area contributed by atoms with Crippen LogP contribution in [0.25, 0.3) is 0 Å². The lowest BCUT2D eigenvalue weighted by Gasteiger charge is -2.26. The van der Waals surface area contributed by atoms with Gasteiger partial charge in [0.2, 0.25) is 0 Å². The van der Waals surface area contributed by atoms with Crippen LogP contribution in [0.15, 0.2) is 11.6 Å². The molecule has 0 radical (unpaired) electrons. The zero-order valence-electron chi connectivity index (χ0n) is 20.3. The number of ketones is 1. The van der Waals surface area contributed by atoms with Gasteiger partial charge >= 0.3 is 5.97 Å². The van der Waals surface area contributed by atoms with Gasteiger partial charge in [0.15, 0.2) is 12.1 Å². The zero-order chi connectivity index (χ0) is 24.2. The molecule has 0 saturated carbocycles. The van der Waals surface area contributed by atoms with Crippen molar-refractivity contribution in [3.05, 3.63) is 11.6 Å². The highest BCUT2D eigenvalue weighted by molar-refractivity contribution is 6.02. The highest BCUT2D eigenvalue weighted by Crippen LogP contribution is 2.29. The van der Waals surface area contributed by atoms with Gasteiger partial charge in [-0.25, -0.2) is 0 Å². The third-order valence-electron chi connectivity index (χ3n) is 6.93. The molecule has 2 saturated heterocycles. The molecule has 0 aromatic heterocycles. The predicted octanol–water partition coefficient (Wildman–Crippen LogP) is 3.79. The Morgan fingerprint density at radius 3 is 2.59 bits per heavy atom. The highest BCUT2D eigenvalue weighted by Gasteiger charge is 2.33. The number of ether oxygens (including phenoxy) is 4. The fourth-order valence-electron chi connectivity index (χ4n) is 4.93. The molecule has 3 rings (SSSR count). The molecule has 0 aromatic rings. The molecule has 1 aliphatic carbocycles. The van der Waals surface area contributed by atoms with Gasteiger partial charge in [0.05, 0.1) is 30.8 Å². The van der Waals surface area contributed by atoms with Crippen LogP contribution in [0, 0.1) is 5.92 Å². The second-order valence-corrected chi connectivity index (χ2v) is 9.73.